The van der Waals surface area contributed by atoms with Crippen LogP contribution in [-0.4, -0.2) is 76.6 Å². The highest BCUT2D eigenvalue weighted by molar-refractivity contribution is 6.18. The Labute approximate surface area is 233 Å². The number of hydrogen-bond acceptors (Lipinski definition) is 8. The van der Waals surface area contributed by atoms with E-state index in [0.717, 1.165) is 31.9 Å². The Balaban J connectivity index is 1.46. The predicted octanol–water partition coefficient (Wildman–Crippen LogP) is 4.64. The number of fused-ring (bicyclic) bond motifs is 1. The molecule has 2 aromatic heterocycles. The number of aromatic amines is 1. The number of nitrogens with one attached hydrogen (secondary N) is 3. The average Bonchev–Trinajstić information content (AvgIpc) is 3.37. The monoisotopic (exact) mass is 545 g/mol. The van der Waals surface area contributed by atoms with Gasteiger partial charge in [0, 0.05) is 49.3 Å². The molecule has 0 radical (unpaired) electrons. The van der Waals surface area contributed by atoms with Crippen LogP contribution in [0.5, 0.6) is 0 Å². The van der Waals surface area contributed by atoms with Gasteiger partial charge in [0.2, 0.25) is 5.95 Å². The van der Waals surface area contributed by atoms with Crippen LogP contribution in [0.2, 0.25) is 0 Å². The van der Waals surface area contributed by atoms with Crippen LogP contribution in [0, 0.1) is 11.7 Å². The van der Waals surface area contributed by atoms with Crippen molar-refractivity contribution in [3.63, 3.8) is 0 Å². The molecule has 0 spiro atoms. The lowest BCUT2D eigenvalue weighted by Crippen LogP contribution is -2.44. The van der Waals surface area contributed by atoms with Gasteiger partial charge in [-0.05, 0) is 67.9 Å². The Morgan fingerprint density at radius 3 is 2.40 bits per heavy atom. The van der Waals surface area contributed by atoms with E-state index in [9.17, 15) is 14.3 Å². The highest BCUT2D eigenvalue weighted by Crippen LogP contribution is 2.30. The Kier molecular flexibility index (Phi) is 8.27. The summed E-state index contributed by atoms with van der Waals surface area (Å²) >= 11 is 0. The van der Waals surface area contributed by atoms with Gasteiger partial charge in [-0.2, -0.15) is 9.97 Å². The minimum Gasteiger partial charge on any atom is -0.394 e. The van der Waals surface area contributed by atoms with E-state index in [0.29, 0.717) is 46.3 Å². The quantitative estimate of drug-likeness (QED) is 0.214. The summed E-state index contributed by atoms with van der Waals surface area (Å²) in [5.41, 5.74) is 3.20. The molecule has 1 fully saturated rings. The molecule has 210 valence electrons. The predicted molar refractivity (Wildman–Crippen MR) is 157 cm³/mol. The molecule has 9 nitrogen and oxygen atoms in total. The minimum atomic E-state index is -0.409. The number of aromatic nitrogens is 3. The minimum absolute atomic E-state index is 0.0914. The largest absolute Gasteiger partial charge is 0.394 e. The van der Waals surface area contributed by atoms with Crippen molar-refractivity contribution in [3.05, 3.63) is 71.7 Å². The van der Waals surface area contributed by atoms with Crippen LogP contribution >= 0.6 is 0 Å². The topological polar surface area (TPSA) is 109 Å². The van der Waals surface area contributed by atoms with Crippen LogP contribution in [-0.2, 0) is 0 Å². The number of carbonyl (C=O) groups is 1. The first-order valence-electron chi connectivity index (χ1n) is 13.7. The van der Waals surface area contributed by atoms with Crippen LogP contribution < -0.4 is 15.5 Å². The van der Waals surface area contributed by atoms with Crippen molar-refractivity contribution < 1.29 is 14.3 Å². The van der Waals surface area contributed by atoms with E-state index in [1.807, 2.05) is 12.1 Å². The van der Waals surface area contributed by atoms with Gasteiger partial charge in [-0.25, -0.2) is 4.39 Å². The van der Waals surface area contributed by atoms with E-state index in [1.54, 1.807) is 6.20 Å². The second-order valence-electron chi connectivity index (χ2n) is 10.8. The highest BCUT2D eigenvalue weighted by Gasteiger charge is 2.22. The lowest BCUT2D eigenvalue weighted by atomic mass is 10.0. The van der Waals surface area contributed by atoms with Gasteiger partial charge in [-0.15, -0.1) is 0 Å². The highest BCUT2D eigenvalue weighted by atomic mass is 19.1. The number of ketones is 1. The molecular weight excluding hydrogens is 509 g/mol. The van der Waals surface area contributed by atoms with Crippen molar-refractivity contribution >= 4 is 40.0 Å². The summed E-state index contributed by atoms with van der Waals surface area (Å²) in [4.78, 5) is 30.6. The second-order valence-corrected chi connectivity index (χ2v) is 10.8. The van der Waals surface area contributed by atoms with E-state index < -0.39 is 5.82 Å². The molecular formula is C30H36FN7O2. The van der Waals surface area contributed by atoms with Crippen LogP contribution in [0.15, 0.2) is 54.7 Å². The number of likely N-dealkylation sites (N-methyl/N-ethyl adjacent to an activating group) is 1. The second kappa shape index (κ2) is 12.0. The maximum atomic E-state index is 13.5. The van der Waals surface area contributed by atoms with E-state index in [-0.39, 0.29) is 18.4 Å². The number of H-pyrrole nitrogens is 1. The molecule has 0 saturated carbocycles. The van der Waals surface area contributed by atoms with Crippen molar-refractivity contribution in [1.29, 1.82) is 0 Å². The molecule has 1 saturated heterocycles. The number of carbonyl (C=O) groups excluding carboxylic acids is 1. The van der Waals surface area contributed by atoms with Crippen molar-refractivity contribution in [2.75, 3.05) is 55.4 Å². The third-order valence-electron chi connectivity index (χ3n) is 7.19. The molecule has 2 aromatic carbocycles. The fourth-order valence-electron chi connectivity index (χ4n) is 5.02. The molecule has 1 aliphatic heterocycles. The number of aliphatic hydroxyl groups is 1. The standard InChI is InChI=1S/C30H36FN7O2/c1-19(2)16-23(18-39)33-29-26-25(27(40)20-4-6-21(31)7-5-20)17-32-28(26)35-30(36-29)34-22-8-10-24(11-9-22)38-14-12-37(3)13-15-38/h4-11,17,19,23,39H,12-16,18H2,1-3H3,(H3,32,33,34,35,36)/t23-/m0/s1. The lowest BCUT2D eigenvalue weighted by Gasteiger charge is -2.34. The molecule has 0 bridgehead atoms. The molecule has 10 heteroatoms. The van der Waals surface area contributed by atoms with Crippen molar-refractivity contribution in [2.45, 2.75) is 26.3 Å². The van der Waals surface area contributed by atoms with Gasteiger partial charge < -0.3 is 30.5 Å². The molecule has 40 heavy (non-hydrogen) atoms. The first-order chi connectivity index (χ1) is 19.3. The van der Waals surface area contributed by atoms with Crippen LogP contribution in [0.1, 0.15) is 36.2 Å². The summed E-state index contributed by atoms with van der Waals surface area (Å²) < 4.78 is 13.5. The third kappa shape index (κ3) is 6.24. The number of rotatable bonds is 10. The van der Waals surface area contributed by atoms with Gasteiger partial charge in [-0.1, -0.05) is 13.8 Å². The van der Waals surface area contributed by atoms with Crippen LogP contribution in [0.3, 0.4) is 0 Å². The fourth-order valence-corrected chi connectivity index (χ4v) is 5.02. The van der Waals surface area contributed by atoms with Crippen molar-refractivity contribution in [3.8, 4) is 0 Å². The molecule has 0 unspecified atom stereocenters. The maximum absolute atomic E-state index is 13.5. The van der Waals surface area contributed by atoms with E-state index in [4.69, 9.17) is 4.98 Å². The van der Waals surface area contributed by atoms with Gasteiger partial charge in [0.15, 0.2) is 5.78 Å². The third-order valence-corrected chi connectivity index (χ3v) is 7.19. The van der Waals surface area contributed by atoms with Crippen molar-refractivity contribution in [2.24, 2.45) is 5.92 Å². The number of piperazine rings is 1. The Hall–Kier alpha value is -4.02. The Morgan fingerprint density at radius 2 is 1.75 bits per heavy atom. The summed E-state index contributed by atoms with van der Waals surface area (Å²) in [6.45, 7) is 8.13. The first kappa shape index (κ1) is 27.5. The van der Waals surface area contributed by atoms with Crippen LogP contribution in [0.4, 0.5) is 27.5 Å². The molecule has 4 N–H and O–H groups in total. The molecule has 1 atom stereocenters. The lowest BCUT2D eigenvalue weighted by molar-refractivity contribution is 0.104. The molecule has 0 aliphatic carbocycles. The SMILES string of the molecule is CC(C)C[C@@H](CO)Nc1nc(Nc2ccc(N3CCN(C)CC3)cc2)nc2[nH]cc(C(=O)c3ccc(F)cc3)c12. The maximum Gasteiger partial charge on any atom is 0.231 e. The molecule has 0 amide bonds. The first-order valence-corrected chi connectivity index (χ1v) is 13.7. The van der Waals surface area contributed by atoms with Gasteiger partial charge in [0.05, 0.1) is 23.6 Å². The summed E-state index contributed by atoms with van der Waals surface area (Å²) in [7, 11) is 2.14. The zero-order valence-corrected chi connectivity index (χ0v) is 23.1. The summed E-state index contributed by atoms with van der Waals surface area (Å²) in [6.07, 6.45) is 2.31. The van der Waals surface area contributed by atoms with Crippen LogP contribution in [0.25, 0.3) is 11.0 Å². The van der Waals surface area contributed by atoms with E-state index in [2.05, 4.69) is 63.4 Å². The van der Waals surface area contributed by atoms with Gasteiger partial charge in [0.1, 0.15) is 17.3 Å². The van der Waals surface area contributed by atoms with E-state index in [1.165, 1.54) is 30.0 Å². The zero-order valence-electron chi connectivity index (χ0n) is 23.1. The Bertz CT molecular complexity index is 1450. The zero-order chi connectivity index (χ0) is 28.2. The fraction of sp³-hybridized carbons (Fsp3) is 0.367. The number of halogens is 1. The normalized spacial score (nSPS) is 15.0. The van der Waals surface area contributed by atoms with E-state index >= 15 is 0 Å². The van der Waals surface area contributed by atoms with Gasteiger partial charge >= 0.3 is 0 Å². The summed E-state index contributed by atoms with van der Waals surface area (Å²) in [5, 5.41) is 17.2. The summed E-state index contributed by atoms with van der Waals surface area (Å²) in [5.74, 6) is 0.444. The number of anilines is 4. The molecule has 4 aromatic rings. The Morgan fingerprint density at radius 1 is 1.05 bits per heavy atom. The number of hydrogen-bond donors (Lipinski definition) is 4. The summed E-state index contributed by atoms with van der Waals surface area (Å²) in [6, 6.07) is 13.4. The smallest absolute Gasteiger partial charge is 0.231 e. The van der Waals surface area contributed by atoms with Gasteiger partial charge in [-0.3, -0.25) is 4.79 Å². The van der Waals surface area contributed by atoms with Crippen molar-refractivity contribution in [1.82, 2.24) is 19.9 Å². The average molecular weight is 546 g/mol. The molecule has 5 rings (SSSR count). The number of benzene rings is 2. The molecule has 3 heterocycles. The number of nitrogens with zero attached hydrogens (tertiary/aromatic N) is 4. The molecule has 1 aliphatic rings. The van der Waals surface area contributed by atoms with Gasteiger partial charge in [0.25, 0.3) is 0 Å². The number of aliphatic hydroxyl groups excluding tert-OH is 1.